The zero-order valence-corrected chi connectivity index (χ0v) is 11.2. The summed E-state index contributed by atoms with van der Waals surface area (Å²) in [7, 11) is 0. The van der Waals surface area contributed by atoms with Crippen molar-refractivity contribution in [1.82, 2.24) is 4.90 Å². The van der Waals surface area contributed by atoms with Gasteiger partial charge in [0.2, 0.25) is 0 Å². The smallest absolute Gasteiger partial charge is 0.338 e. The van der Waals surface area contributed by atoms with Gasteiger partial charge in [-0.05, 0) is 43.0 Å². The number of rotatable bonds is 4. The lowest BCUT2D eigenvalue weighted by molar-refractivity contribution is 0.0691. The number of piperidine rings is 1. The van der Waals surface area contributed by atoms with Crippen LogP contribution in [0.25, 0.3) is 0 Å². The van der Waals surface area contributed by atoms with Crippen LogP contribution in [-0.2, 0) is 6.54 Å². The molecule has 0 amide bonds. The van der Waals surface area contributed by atoms with Gasteiger partial charge in [0.25, 0.3) is 0 Å². The number of hydrogen-bond donors (Lipinski definition) is 1. The minimum Gasteiger partial charge on any atom is -0.478 e. The molecule has 1 aliphatic rings. The predicted molar refractivity (Wildman–Crippen MR) is 71.7 cm³/mol. The molecule has 1 N–H and O–H groups in total. The first-order valence-corrected chi connectivity index (χ1v) is 6.84. The molecular formula is C15H20FNO2. The Kier molecular flexibility index (Phi) is 4.53. The molecule has 4 heteroatoms. The quantitative estimate of drug-likeness (QED) is 0.909. The molecule has 0 spiro atoms. The summed E-state index contributed by atoms with van der Waals surface area (Å²) >= 11 is 0. The summed E-state index contributed by atoms with van der Waals surface area (Å²) in [6, 6.07) is 4.38. The van der Waals surface area contributed by atoms with Gasteiger partial charge in [0, 0.05) is 13.1 Å². The maximum absolute atomic E-state index is 13.3. The summed E-state index contributed by atoms with van der Waals surface area (Å²) in [5.74, 6) is -1.14. The van der Waals surface area contributed by atoms with Crippen molar-refractivity contribution in [3.8, 4) is 0 Å². The molecule has 1 unspecified atom stereocenters. The van der Waals surface area contributed by atoms with Gasteiger partial charge in [0.15, 0.2) is 0 Å². The van der Waals surface area contributed by atoms with Crippen molar-refractivity contribution in [2.24, 2.45) is 5.92 Å². The second-order valence-corrected chi connectivity index (χ2v) is 5.27. The van der Waals surface area contributed by atoms with E-state index in [2.05, 4.69) is 11.8 Å². The van der Waals surface area contributed by atoms with Crippen molar-refractivity contribution in [2.45, 2.75) is 32.7 Å². The third-order valence-corrected chi connectivity index (χ3v) is 3.85. The molecule has 0 aromatic heterocycles. The SMILES string of the molecule is CCC1CCCN(Cc2ccc(F)c(C(=O)O)c2)C1. The third-order valence-electron chi connectivity index (χ3n) is 3.85. The highest BCUT2D eigenvalue weighted by molar-refractivity contribution is 5.88. The lowest BCUT2D eigenvalue weighted by Gasteiger charge is -2.32. The molecule has 19 heavy (non-hydrogen) atoms. The monoisotopic (exact) mass is 265 g/mol. The van der Waals surface area contributed by atoms with Crippen LogP contribution in [-0.4, -0.2) is 29.1 Å². The molecule has 1 aromatic rings. The molecule has 1 atom stereocenters. The van der Waals surface area contributed by atoms with Crippen molar-refractivity contribution in [1.29, 1.82) is 0 Å². The number of benzene rings is 1. The van der Waals surface area contributed by atoms with Crippen LogP contribution in [0.4, 0.5) is 4.39 Å². The Morgan fingerprint density at radius 1 is 1.53 bits per heavy atom. The van der Waals surface area contributed by atoms with Crippen molar-refractivity contribution < 1.29 is 14.3 Å². The van der Waals surface area contributed by atoms with Crippen LogP contribution in [0.1, 0.15) is 42.1 Å². The van der Waals surface area contributed by atoms with E-state index in [1.807, 2.05) is 0 Å². The van der Waals surface area contributed by atoms with Gasteiger partial charge >= 0.3 is 5.97 Å². The average molecular weight is 265 g/mol. The number of halogens is 1. The molecule has 0 saturated carbocycles. The summed E-state index contributed by atoms with van der Waals surface area (Å²) < 4.78 is 13.3. The highest BCUT2D eigenvalue weighted by atomic mass is 19.1. The Hall–Kier alpha value is -1.42. The first-order valence-electron chi connectivity index (χ1n) is 6.84. The highest BCUT2D eigenvalue weighted by Crippen LogP contribution is 2.21. The normalized spacial score (nSPS) is 20.4. The van der Waals surface area contributed by atoms with E-state index >= 15 is 0 Å². The lowest BCUT2D eigenvalue weighted by atomic mass is 9.95. The summed E-state index contributed by atoms with van der Waals surface area (Å²) in [5.41, 5.74) is 0.636. The second kappa shape index (κ2) is 6.15. The van der Waals surface area contributed by atoms with Crippen molar-refractivity contribution >= 4 is 5.97 Å². The van der Waals surface area contributed by atoms with Gasteiger partial charge in [-0.1, -0.05) is 19.4 Å². The fourth-order valence-corrected chi connectivity index (χ4v) is 2.72. The largest absolute Gasteiger partial charge is 0.478 e. The van der Waals surface area contributed by atoms with E-state index in [-0.39, 0.29) is 5.56 Å². The second-order valence-electron chi connectivity index (χ2n) is 5.27. The lowest BCUT2D eigenvalue weighted by Crippen LogP contribution is -2.34. The Morgan fingerprint density at radius 2 is 2.32 bits per heavy atom. The van der Waals surface area contributed by atoms with Crippen molar-refractivity contribution in [2.75, 3.05) is 13.1 Å². The van der Waals surface area contributed by atoms with E-state index in [1.165, 1.54) is 31.4 Å². The zero-order valence-electron chi connectivity index (χ0n) is 11.2. The molecule has 3 nitrogen and oxygen atoms in total. The van der Waals surface area contributed by atoms with Gasteiger partial charge in [-0.2, -0.15) is 0 Å². The standard InChI is InChI=1S/C15H20FNO2/c1-2-11-4-3-7-17(9-11)10-12-5-6-14(16)13(8-12)15(18)19/h5-6,8,11H,2-4,7,9-10H2,1H3,(H,18,19). The number of aromatic carboxylic acids is 1. The minimum atomic E-state index is -1.20. The Bertz CT molecular complexity index is 461. The first-order chi connectivity index (χ1) is 9.10. The number of likely N-dealkylation sites (tertiary alicyclic amines) is 1. The zero-order chi connectivity index (χ0) is 13.8. The molecule has 104 valence electrons. The van der Waals surface area contributed by atoms with Crippen LogP contribution in [0.5, 0.6) is 0 Å². The molecule has 0 aliphatic carbocycles. The third kappa shape index (κ3) is 3.53. The molecule has 1 aromatic carbocycles. The molecule has 1 saturated heterocycles. The molecule has 2 rings (SSSR count). The van der Waals surface area contributed by atoms with E-state index in [1.54, 1.807) is 6.07 Å². The number of carboxylic acid groups (broad SMARTS) is 1. The summed E-state index contributed by atoms with van der Waals surface area (Å²) in [5, 5.41) is 8.92. The summed E-state index contributed by atoms with van der Waals surface area (Å²) in [6.45, 7) is 5.00. The van der Waals surface area contributed by atoms with E-state index < -0.39 is 11.8 Å². The molecule has 0 radical (unpaired) electrons. The van der Waals surface area contributed by atoms with Gasteiger partial charge in [-0.3, -0.25) is 4.90 Å². The minimum absolute atomic E-state index is 0.235. The van der Waals surface area contributed by atoms with E-state index in [0.29, 0.717) is 6.54 Å². The van der Waals surface area contributed by atoms with Gasteiger partial charge in [0.05, 0.1) is 5.56 Å². The molecular weight excluding hydrogens is 245 g/mol. The van der Waals surface area contributed by atoms with Crippen molar-refractivity contribution in [3.05, 3.63) is 35.1 Å². The van der Waals surface area contributed by atoms with Gasteiger partial charge in [0.1, 0.15) is 5.82 Å². The molecule has 1 heterocycles. The predicted octanol–water partition coefficient (Wildman–Crippen LogP) is 3.15. The van der Waals surface area contributed by atoms with Crippen molar-refractivity contribution in [3.63, 3.8) is 0 Å². The summed E-state index contributed by atoms with van der Waals surface area (Å²) in [4.78, 5) is 13.2. The first kappa shape index (κ1) is 14.0. The number of hydrogen-bond acceptors (Lipinski definition) is 2. The number of carboxylic acids is 1. The topological polar surface area (TPSA) is 40.5 Å². The average Bonchev–Trinajstić information content (AvgIpc) is 2.41. The molecule has 1 aliphatic heterocycles. The van der Waals surface area contributed by atoms with Gasteiger partial charge in [-0.15, -0.1) is 0 Å². The maximum Gasteiger partial charge on any atom is 0.338 e. The van der Waals surface area contributed by atoms with Gasteiger partial charge in [-0.25, -0.2) is 9.18 Å². The van der Waals surface area contributed by atoms with Crippen LogP contribution in [0.15, 0.2) is 18.2 Å². The Labute approximate surface area is 113 Å². The molecule has 1 fully saturated rings. The molecule has 0 bridgehead atoms. The highest BCUT2D eigenvalue weighted by Gasteiger charge is 2.19. The van der Waals surface area contributed by atoms with E-state index in [9.17, 15) is 9.18 Å². The van der Waals surface area contributed by atoms with Crippen LogP contribution in [0, 0.1) is 11.7 Å². The fourth-order valence-electron chi connectivity index (χ4n) is 2.72. The van der Waals surface area contributed by atoms with Crippen LogP contribution < -0.4 is 0 Å². The Morgan fingerprint density at radius 3 is 3.00 bits per heavy atom. The van der Waals surface area contributed by atoms with Crippen LogP contribution >= 0.6 is 0 Å². The maximum atomic E-state index is 13.3. The van der Waals surface area contributed by atoms with Crippen LogP contribution in [0.3, 0.4) is 0 Å². The number of nitrogens with zero attached hydrogens (tertiary/aromatic N) is 1. The Balaban J connectivity index is 2.06. The van der Waals surface area contributed by atoms with E-state index in [4.69, 9.17) is 5.11 Å². The van der Waals surface area contributed by atoms with Crippen LogP contribution in [0.2, 0.25) is 0 Å². The van der Waals surface area contributed by atoms with E-state index in [0.717, 1.165) is 24.6 Å². The fraction of sp³-hybridized carbons (Fsp3) is 0.533. The number of carbonyl (C=O) groups is 1. The van der Waals surface area contributed by atoms with Gasteiger partial charge < -0.3 is 5.11 Å². The summed E-state index contributed by atoms with van der Waals surface area (Å²) in [6.07, 6.45) is 3.64.